The molecule has 0 aromatic carbocycles. The summed E-state index contributed by atoms with van der Waals surface area (Å²) in [6, 6.07) is 1.49. The number of piperazine rings is 1. The molecular weight excluding hydrogens is 236 g/mol. The van der Waals surface area contributed by atoms with Crippen LogP contribution in [0, 0.1) is 6.92 Å². The molecule has 3 amide bonds. The number of nitrogens with one attached hydrogen (secondary N) is 1. The standard InChI is InChI=1S/C11H12N4O3/c1-6-8(2-7(12)3-13-6)11(18)15-4-9(16)14-10(17)5-15/h2-3H,4-5,12H2,1H3,(H,14,16,17). The Morgan fingerprint density at radius 3 is 2.61 bits per heavy atom. The topological polar surface area (TPSA) is 105 Å². The van der Waals surface area contributed by atoms with E-state index in [2.05, 4.69) is 10.3 Å². The van der Waals surface area contributed by atoms with Gasteiger partial charge in [0.05, 0.1) is 23.1 Å². The van der Waals surface area contributed by atoms with Crippen LogP contribution in [0.2, 0.25) is 0 Å². The molecule has 1 aliphatic rings. The Bertz CT molecular complexity index is 525. The number of carbonyl (C=O) groups is 3. The minimum Gasteiger partial charge on any atom is -0.397 e. The van der Waals surface area contributed by atoms with Gasteiger partial charge in [-0.05, 0) is 13.0 Å². The molecule has 0 unspecified atom stereocenters. The number of imide groups is 1. The highest BCUT2D eigenvalue weighted by molar-refractivity contribution is 6.06. The Morgan fingerprint density at radius 2 is 2.00 bits per heavy atom. The average Bonchev–Trinajstić information content (AvgIpc) is 2.30. The van der Waals surface area contributed by atoms with Crippen LogP contribution < -0.4 is 11.1 Å². The molecule has 0 aliphatic carbocycles. The SMILES string of the molecule is Cc1ncc(N)cc1C(=O)N1CC(=O)NC(=O)C1. The van der Waals surface area contributed by atoms with E-state index in [4.69, 9.17) is 5.73 Å². The molecule has 0 radical (unpaired) electrons. The molecule has 18 heavy (non-hydrogen) atoms. The predicted molar refractivity (Wildman–Crippen MR) is 62.4 cm³/mol. The van der Waals surface area contributed by atoms with Gasteiger partial charge in [-0.1, -0.05) is 0 Å². The lowest BCUT2D eigenvalue weighted by Crippen LogP contribution is -2.53. The van der Waals surface area contributed by atoms with Crippen molar-refractivity contribution < 1.29 is 14.4 Å². The smallest absolute Gasteiger partial charge is 0.256 e. The number of nitrogens with zero attached hydrogens (tertiary/aromatic N) is 2. The van der Waals surface area contributed by atoms with Crippen molar-refractivity contribution in [3.05, 3.63) is 23.5 Å². The summed E-state index contributed by atoms with van der Waals surface area (Å²) in [5, 5.41) is 2.13. The Kier molecular flexibility index (Phi) is 2.97. The van der Waals surface area contributed by atoms with Crippen LogP contribution in [0.1, 0.15) is 16.1 Å². The van der Waals surface area contributed by atoms with Crippen LogP contribution in [0.15, 0.2) is 12.3 Å². The van der Waals surface area contributed by atoms with Gasteiger partial charge in [0.2, 0.25) is 11.8 Å². The zero-order chi connectivity index (χ0) is 13.3. The third kappa shape index (κ3) is 2.29. The number of rotatable bonds is 1. The first kappa shape index (κ1) is 12.0. The summed E-state index contributed by atoms with van der Waals surface area (Å²) in [7, 11) is 0. The molecule has 1 fully saturated rings. The van der Waals surface area contributed by atoms with Crippen LogP contribution in [-0.2, 0) is 9.59 Å². The maximum Gasteiger partial charge on any atom is 0.256 e. The molecule has 3 N–H and O–H groups in total. The molecule has 2 heterocycles. The first-order valence-electron chi connectivity index (χ1n) is 5.31. The predicted octanol–water partition coefficient (Wildman–Crippen LogP) is -0.929. The van der Waals surface area contributed by atoms with E-state index in [0.29, 0.717) is 16.9 Å². The van der Waals surface area contributed by atoms with E-state index in [0.717, 1.165) is 0 Å². The molecule has 1 saturated heterocycles. The average molecular weight is 248 g/mol. The third-order valence-corrected chi connectivity index (χ3v) is 2.57. The van der Waals surface area contributed by atoms with Gasteiger partial charge in [0.15, 0.2) is 0 Å². The minimum absolute atomic E-state index is 0.140. The number of amides is 3. The van der Waals surface area contributed by atoms with Crippen LogP contribution in [0.5, 0.6) is 0 Å². The van der Waals surface area contributed by atoms with Gasteiger partial charge in [0, 0.05) is 0 Å². The molecule has 1 aromatic rings. The van der Waals surface area contributed by atoms with E-state index in [-0.39, 0.29) is 13.1 Å². The van der Waals surface area contributed by atoms with Crippen molar-refractivity contribution in [1.82, 2.24) is 15.2 Å². The second kappa shape index (κ2) is 4.44. The van der Waals surface area contributed by atoms with Crippen molar-refractivity contribution in [2.45, 2.75) is 6.92 Å². The molecule has 1 aliphatic heterocycles. The summed E-state index contributed by atoms with van der Waals surface area (Å²) >= 11 is 0. The highest BCUT2D eigenvalue weighted by Crippen LogP contribution is 2.13. The van der Waals surface area contributed by atoms with Gasteiger partial charge in [0.25, 0.3) is 5.91 Å². The molecule has 7 nitrogen and oxygen atoms in total. The summed E-state index contributed by atoms with van der Waals surface area (Å²) in [5.41, 5.74) is 6.74. The third-order valence-electron chi connectivity index (χ3n) is 2.57. The van der Waals surface area contributed by atoms with Crippen LogP contribution in [0.3, 0.4) is 0 Å². The van der Waals surface area contributed by atoms with Gasteiger partial charge in [-0.25, -0.2) is 0 Å². The van der Waals surface area contributed by atoms with Gasteiger partial charge >= 0.3 is 0 Å². The second-order valence-electron chi connectivity index (χ2n) is 4.03. The number of hydrogen-bond acceptors (Lipinski definition) is 5. The van der Waals surface area contributed by atoms with Crippen molar-refractivity contribution in [2.75, 3.05) is 18.8 Å². The fourth-order valence-corrected chi connectivity index (χ4v) is 1.72. The second-order valence-corrected chi connectivity index (χ2v) is 4.03. The van der Waals surface area contributed by atoms with E-state index in [1.807, 2.05) is 0 Å². The first-order chi connectivity index (χ1) is 8.47. The molecule has 1 aromatic heterocycles. The van der Waals surface area contributed by atoms with E-state index in [1.165, 1.54) is 17.2 Å². The van der Waals surface area contributed by atoms with Gasteiger partial charge in [-0.3, -0.25) is 24.7 Å². The number of carbonyl (C=O) groups excluding carboxylic acids is 3. The molecule has 2 rings (SSSR count). The van der Waals surface area contributed by atoms with Gasteiger partial charge in [-0.15, -0.1) is 0 Å². The summed E-state index contributed by atoms with van der Waals surface area (Å²) < 4.78 is 0. The van der Waals surface area contributed by atoms with Crippen LogP contribution in [0.4, 0.5) is 5.69 Å². The summed E-state index contributed by atoms with van der Waals surface area (Å²) in [6.07, 6.45) is 1.44. The monoisotopic (exact) mass is 248 g/mol. The Morgan fingerprint density at radius 1 is 1.39 bits per heavy atom. The lowest BCUT2D eigenvalue weighted by molar-refractivity contribution is -0.135. The van der Waals surface area contributed by atoms with E-state index in [9.17, 15) is 14.4 Å². The van der Waals surface area contributed by atoms with Crippen molar-refractivity contribution in [3.8, 4) is 0 Å². The van der Waals surface area contributed by atoms with E-state index in [1.54, 1.807) is 6.92 Å². The minimum atomic E-state index is -0.492. The maximum absolute atomic E-state index is 12.2. The Labute approximate surface area is 103 Å². The lowest BCUT2D eigenvalue weighted by Gasteiger charge is -2.25. The largest absolute Gasteiger partial charge is 0.397 e. The van der Waals surface area contributed by atoms with Crippen LogP contribution >= 0.6 is 0 Å². The molecule has 94 valence electrons. The maximum atomic E-state index is 12.2. The number of anilines is 1. The van der Waals surface area contributed by atoms with E-state index >= 15 is 0 Å². The normalized spacial score (nSPS) is 15.5. The summed E-state index contributed by atoms with van der Waals surface area (Å²) in [6.45, 7) is 1.39. The molecule has 0 atom stereocenters. The molecule has 0 bridgehead atoms. The quantitative estimate of drug-likeness (QED) is 0.625. The van der Waals surface area contributed by atoms with Gasteiger partial charge in [0.1, 0.15) is 13.1 Å². The van der Waals surface area contributed by atoms with Crippen molar-refractivity contribution in [2.24, 2.45) is 0 Å². The molecular formula is C11H12N4O3. The van der Waals surface area contributed by atoms with Crippen molar-refractivity contribution in [1.29, 1.82) is 0 Å². The number of aromatic nitrogens is 1. The van der Waals surface area contributed by atoms with Gasteiger partial charge in [-0.2, -0.15) is 0 Å². The Balaban J connectivity index is 2.28. The highest BCUT2D eigenvalue weighted by atomic mass is 16.2. The van der Waals surface area contributed by atoms with Crippen molar-refractivity contribution in [3.63, 3.8) is 0 Å². The molecule has 7 heteroatoms. The number of pyridine rings is 1. The van der Waals surface area contributed by atoms with Crippen LogP contribution in [0.25, 0.3) is 0 Å². The first-order valence-corrected chi connectivity index (χ1v) is 5.31. The molecule has 0 saturated carbocycles. The van der Waals surface area contributed by atoms with Crippen molar-refractivity contribution >= 4 is 23.4 Å². The zero-order valence-electron chi connectivity index (χ0n) is 9.77. The number of nitrogens with two attached hydrogens (primary N) is 1. The lowest BCUT2D eigenvalue weighted by atomic mass is 10.1. The molecule has 0 spiro atoms. The van der Waals surface area contributed by atoms with Gasteiger partial charge < -0.3 is 10.6 Å². The van der Waals surface area contributed by atoms with Crippen LogP contribution in [-0.4, -0.2) is 40.7 Å². The van der Waals surface area contributed by atoms with E-state index < -0.39 is 17.7 Å². The fraction of sp³-hybridized carbons (Fsp3) is 0.273. The number of nitrogen functional groups attached to an aromatic ring is 1. The highest BCUT2D eigenvalue weighted by Gasteiger charge is 2.28. The summed E-state index contributed by atoms with van der Waals surface area (Å²) in [4.78, 5) is 39.7. The number of hydrogen-bond donors (Lipinski definition) is 2. The summed E-state index contributed by atoms with van der Waals surface area (Å²) in [5.74, 6) is -1.40. The Hall–Kier alpha value is -2.44. The fourth-order valence-electron chi connectivity index (χ4n) is 1.72. The zero-order valence-corrected chi connectivity index (χ0v) is 9.77. The number of aryl methyl sites for hydroxylation is 1.